The van der Waals surface area contributed by atoms with Crippen LogP contribution in [0.4, 0.5) is 17.6 Å². The van der Waals surface area contributed by atoms with Gasteiger partial charge in [-0.25, -0.2) is 17.6 Å². The molecule has 2 heterocycles. The lowest BCUT2D eigenvalue weighted by Gasteiger charge is -2.59. The van der Waals surface area contributed by atoms with E-state index in [1.165, 1.54) is 118 Å². The molecule has 8 atom stereocenters. The second-order valence-electron chi connectivity index (χ2n) is 27.2. The highest BCUT2D eigenvalue weighted by Gasteiger charge is 2.60. The molecular formula is C78H113F4N5O2. The van der Waals surface area contributed by atoms with Gasteiger partial charge in [0.25, 0.3) is 11.8 Å². The van der Waals surface area contributed by atoms with Crippen LogP contribution < -0.4 is 26.6 Å². The van der Waals surface area contributed by atoms with Crippen LogP contribution in [0, 0.1) is 33.6 Å². The average molecular weight is 1230 g/mol. The van der Waals surface area contributed by atoms with Crippen LogP contribution in [0.5, 0.6) is 0 Å². The van der Waals surface area contributed by atoms with Gasteiger partial charge < -0.3 is 36.1 Å². The summed E-state index contributed by atoms with van der Waals surface area (Å²) in [5.41, 5.74) is 8.63. The molecule has 0 amide bonds. The van der Waals surface area contributed by atoms with Crippen molar-refractivity contribution in [2.45, 2.75) is 254 Å². The van der Waals surface area contributed by atoms with E-state index in [0.29, 0.717) is 32.2 Å². The predicted molar refractivity (Wildman–Crippen MR) is 361 cm³/mol. The Balaban J connectivity index is 0.000000144. The summed E-state index contributed by atoms with van der Waals surface area (Å²) in [6.45, 7) is 24.7. The van der Waals surface area contributed by atoms with Crippen molar-refractivity contribution in [2.24, 2.45) is 5.92 Å². The van der Waals surface area contributed by atoms with E-state index in [4.69, 9.17) is 9.47 Å². The molecule has 0 radical (unpaired) electrons. The SMILES string of the molecule is CCN[C@@]1(c2ccccc2)CCCCC12CCO2.CCN[C@@]1(c2ccccc2C)CCCCC1(F)F.CCN[C@@]1(c2ccccc2C)CCCCC12CCO2.CCN[C@@]1(c2ccccc2C)CCCCC1C.CN[C@@]1(c2ccccc2C)CCCCC1(F)F. The van der Waals surface area contributed by atoms with Crippen molar-refractivity contribution in [3.05, 3.63) is 177 Å². The maximum atomic E-state index is 14.5. The normalized spacial score (nSPS) is 30.9. The van der Waals surface area contributed by atoms with Gasteiger partial charge in [0.1, 0.15) is 11.1 Å². The van der Waals surface area contributed by atoms with Crippen molar-refractivity contribution in [1.29, 1.82) is 0 Å². The van der Waals surface area contributed by atoms with Crippen molar-refractivity contribution >= 4 is 0 Å². The molecule has 3 unspecified atom stereocenters. The fourth-order valence-electron chi connectivity index (χ4n) is 17.7. The van der Waals surface area contributed by atoms with Crippen molar-refractivity contribution in [3.63, 3.8) is 0 Å². The molecule has 2 spiro atoms. The zero-order chi connectivity index (χ0) is 63.9. The minimum Gasteiger partial charge on any atom is -0.373 e. The smallest absolute Gasteiger partial charge is 0.270 e. The van der Waals surface area contributed by atoms with Crippen LogP contribution in [-0.2, 0) is 37.2 Å². The Bertz CT molecular complexity index is 2950. The lowest BCUT2D eigenvalue weighted by Crippen LogP contribution is -2.67. The number of likely N-dealkylation sites (N-methyl/N-ethyl adjacent to an activating group) is 2. The predicted octanol–water partition coefficient (Wildman–Crippen LogP) is 18.4. The molecule has 5 aromatic carbocycles. The number of nitrogens with one attached hydrogen (secondary N) is 5. The lowest BCUT2D eigenvalue weighted by molar-refractivity contribution is -0.218. The maximum absolute atomic E-state index is 14.5. The highest BCUT2D eigenvalue weighted by Crippen LogP contribution is 2.55. The molecule has 0 aromatic heterocycles. The molecular weight excluding hydrogens is 1110 g/mol. The first-order valence-electron chi connectivity index (χ1n) is 34.9. The van der Waals surface area contributed by atoms with Crippen LogP contribution in [0.3, 0.4) is 0 Å². The van der Waals surface area contributed by atoms with Gasteiger partial charge in [-0.15, -0.1) is 0 Å². The Labute approximate surface area is 535 Å². The number of benzene rings is 5. The molecule has 2 aliphatic heterocycles. The number of ether oxygens (including phenoxy) is 2. The van der Waals surface area contributed by atoms with Gasteiger partial charge >= 0.3 is 0 Å². The monoisotopic (exact) mass is 1230 g/mol. The molecule has 12 rings (SSSR count). The third-order valence-electron chi connectivity index (χ3n) is 22.3. The van der Waals surface area contributed by atoms with Crippen LogP contribution in [0.2, 0.25) is 0 Å². The Morgan fingerprint density at radius 1 is 0.371 bits per heavy atom. The molecule has 7 nitrogen and oxygen atoms in total. The van der Waals surface area contributed by atoms with E-state index in [2.05, 4.69) is 147 Å². The van der Waals surface area contributed by atoms with Gasteiger partial charge in [-0.1, -0.05) is 213 Å². The van der Waals surface area contributed by atoms with E-state index in [1.54, 1.807) is 7.05 Å². The minimum absolute atomic E-state index is 0.0195. The summed E-state index contributed by atoms with van der Waals surface area (Å²) >= 11 is 0. The third-order valence-corrected chi connectivity index (χ3v) is 22.3. The van der Waals surface area contributed by atoms with Crippen molar-refractivity contribution in [3.8, 4) is 0 Å². The second-order valence-corrected chi connectivity index (χ2v) is 27.2. The quantitative estimate of drug-likeness (QED) is 0.0709. The summed E-state index contributed by atoms with van der Waals surface area (Å²) in [6.07, 6.45) is 21.7. The van der Waals surface area contributed by atoms with E-state index in [1.807, 2.05) is 69.3 Å². The minimum atomic E-state index is -2.67. The number of rotatable bonds is 14. The topological polar surface area (TPSA) is 78.6 Å². The van der Waals surface area contributed by atoms with E-state index in [0.717, 1.165) is 73.9 Å². The van der Waals surface area contributed by atoms with Crippen LogP contribution in [0.15, 0.2) is 127 Å². The summed E-state index contributed by atoms with van der Waals surface area (Å²) in [6, 6.07) is 43.6. The maximum Gasteiger partial charge on any atom is 0.270 e. The largest absolute Gasteiger partial charge is 0.373 e. The number of alkyl halides is 4. The Hall–Kier alpha value is -4.46. The summed E-state index contributed by atoms with van der Waals surface area (Å²) in [5, 5.41) is 17.4. The van der Waals surface area contributed by atoms with E-state index in [9.17, 15) is 17.6 Å². The van der Waals surface area contributed by atoms with Gasteiger partial charge in [-0.3, -0.25) is 0 Å². The van der Waals surface area contributed by atoms with Crippen molar-refractivity contribution < 1.29 is 27.0 Å². The number of hydrogen-bond acceptors (Lipinski definition) is 7. The van der Waals surface area contributed by atoms with Crippen LogP contribution in [0.25, 0.3) is 0 Å². The van der Waals surface area contributed by atoms with Crippen molar-refractivity contribution in [1.82, 2.24) is 26.6 Å². The Morgan fingerprint density at radius 2 is 0.708 bits per heavy atom. The molecule has 89 heavy (non-hydrogen) atoms. The first kappa shape index (κ1) is 70.4. The summed E-state index contributed by atoms with van der Waals surface area (Å²) in [5.74, 6) is -4.61. The fraction of sp³-hybridized carbons (Fsp3) is 0.615. The Morgan fingerprint density at radius 3 is 1.12 bits per heavy atom. The van der Waals surface area contributed by atoms with Gasteiger partial charge in [0.05, 0.1) is 35.5 Å². The first-order valence-corrected chi connectivity index (χ1v) is 34.9. The number of aryl methyl sites for hydroxylation is 4. The standard InChI is InChI=1S/C17H25NO.C16H23NO.C16H25N.C15H21F2N.C14H19F2N/c1-3-18-17(15-9-5-4-8-14(15)2)11-7-6-10-16(17)12-13-19-16;1-2-17-16(14-8-4-3-5-9-14)11-7-6-10-15(16)12-13-18-15;1-4-17-16(12-8-7-10-14(16)3)15-11-6-5-9-13(15)2;1-3-18-14(10-6-7-11-15(14,16)17)13-9-5-4-8-12(13)2;1-11-7-3-4-8-12(11)13(17-2)9-5-6-10-14(13,15)16/h4-5,8-9,18H,3,6-7,10-13H2,1-2H3;3-5,8-9,17H,2,6-7,10-13H2,1H3;5-6,9,11,14,17H,4,7-8,10,12H2,1-3H3;4-5,8-9,18H,3,6-7,10-11H2,1-2H3;3-4,7-8,17H,5-6,9-10H2,1-2H3/t16?,17-;15?,16-;14?,16-;14-;13-/m11011/s1. The lowest BCUT2D eigenvalue weighted by atomic mass is 9.61. The molecule has 5 saturated carbocycles. The van der Waals surface area contributed by atoms with Crippen LogP contribution >= 0.6 is 0 Å². The zero-order valence-corrected chi connectivity index (χ0v) is 56.3. The van der Waals surface area contributed by atoms with E-state index < -0.39 is 22.9 Å². The van der Waals surface area contributed by atoms with Gasteiger partial charge in [0, 0.05) is 31.2 Å². The van der Waals surface area contributed by atoms with E-state index >= 15 is 0 Å². The fourth-order valence-corrected chi connectivity index (χ4v) is 17.7. The van der Waals surface area contributed by atoms with Gasteiger partial charge in [-0.2, -0.15) is 0 Å². The molecule has 11 heteroatoms. The molecule has 0 bridgehead atoms. The third kappa shape index (κ3) is 14.1. The van der Waals surface area contributed by atoms with Gasteiger partial charge in [0.15, 0.2) is 0 Å². The van der Waals surface area contributed by atoms with Crippen LogP contribution in [0.1, 0.15) is 226 Å². The Kier molecular flexibility index (Phi) is 24.5. The molecule has 490 valence electrons. The molecule has 2 saturated heterocycles. The van der Waals surface area contributed by atoms with Crippen molar-refractivity contribution in [2.75, 3.05) is 46.4 Å². The van der Waals surface area contributed by atoms with Gasteiger partial charge in [0.2, 0.25) is 0 Å². The second kappa shape index (κ2) is 31.0. The summed E-state index contributed by atoms with van der Waals surface area (Å²) in [4.78, 5) is 0. The average Bonchev–Trinajstić information content (AvgIpc) is 1.10. The highest BCUT2D eigenvalue weighted by atomic mass is 19.3. The van der Waals surface area contributed by atoms with Crippen LogP contribution in [-0.4, -0.2) is 69.5 Å². The molecule has 7 fully saturated rings. The number of halogens is 4. The van der Waals surface area contributed by atoms with E-state index in [-0.39, 0.29) is 40.7 Å². The molecule has 5 N–H and O–H groups in total. The first-order chi connectivity index (χ1) is 42.8. The molecule has 5 aromatic rings. The summed E-state index contributed by atoms with van der Waals surface area (Å²) < 4.78 is 70.0. The molecule has 5 aliphatic carbocycles. The zero-order valence-electron chi connectivity index (χ0n) is 56.3. The summed E-state index contributed by atoms with van der Waals surface area (Å²) in [7, 11) is 1.64. The highest BCUT2D eigenvalue weighted by molar-refractivity contribution is 5.40. The van der Waals surface area contributed by atoms with Gasteiger partial charge in [-0.05, 0) is 181 Å². The number of hydrogen-bond donors (Lipinski definition) is 5. The molecule has 7 aliphatic rings.